The molecule has 1 aliphatic rings. The summed E-state index contributed by atoms with van der Waals surface area (Å²) in [6, 6.07) is 14.3. The Balaban J connectivity index is 1.84. The molecule has 7 heteroatoms. The summed E-state index contributed by atoms with van der Waals surface area (Å²) in [6.45, 7) is 2.33. The van der Waals surface area contributed by atoms with Crippen LogP contribution in [0, 0.1) is 0 Å². The molecule has 0 radical (unpaired) electrons. The van der Waals surface area contributed by atoms with Crippen LogP contribution in [0.2, 0.25) is 10.0 Å². The molecular formula is C23H20Cl2N2O3. The van der Waals surface area contributed by atoms with Crippen LogP contribution in [0.25, 0.3) is 11.3 Å². The van der Waals surface area contributed by atoms with Crippen molar-refractivity contribution >= 4 is 40.7 Å². The van der Waals surface area contributed by atoms with Crippen molar-refractivity contribution < 1.29 is 9.90 Å². The summed E-state index contributed by atoms with van der Waals surface area (Å²) in [6.07, 6.45) is 2.46. The number of nitrogens with one attached hydrogen (secondary N) is 1. The molecule has 0 atom stereocenters. The molecule has 0 amide bonds. The molecule has 0 spiro atoms. The third-order valence-corrected chi connectivity index (χ3v) is 6.01. The lowest BCUT2D eigenvalue weighted by molar-refractivity contribution is 0.0695. The predicted molar refractivity (Wildman–Crippen MR) is 120 cm³/mol. The Kier molecular flexibility index (Phi) is 5.58. The Morgan fingerprint density at radius 2 is 1.80 bits per heavy atom. The zero-order valence-electron chi connectivity index (χ0n) is 16.3. The fraction of sp³-hybridized carbons (Fsp3) is 0.217. The van der Waals surface area contributed by atoms with Gasteiger partial charge in [-0.1, -0.05) is 41.4 Å². The molecule has 0 saturated heterocycles. The maximum atomic E-state index is 12.7. The van der Waals surface area contributed by atoms with Crippen molar-refractivity contribution in [3.63, 3.8) is 0 Å². The first kappa shape index (κ1) is 20.5. The Morgan fingerprint density at radius 3 is 2.37 bits per heavy atom. The first-order valence-electron chi connectivity index (χ1n) is 9.72. The second kappa shape index (κ2) is 8.17. The van der Waals surface area contributed by atoms with Crippen LogP contribution in [-0.4, -0.2) is 15.6 Å². The van der Waals surface area contributed by atoms with Crippen molar-refractivity contribution in [2.24, 2.45) is 0 Å². The fourth-order valence-electron chi connectivity index (χ4n) is 3.63. The summed E-state index contributed by atoms with van der Waals surface area (Å²) < 4.78 is 1.76. The molecule has 4 rings (SSSR count). The van der Waals surface area contributed by atoms with E-state index in [2.05, 4.69) is 17.4 Å². The Bertz CT molecular complexity index is 1180. The molecule has 1 aliphatic carbocycles. The normalized spacial score (nSPS) is 13.3. The lowest BCUT2D eigenvalue weighted by atomic mass is 10.0. The molecule has 1 saturated carbocycles. The molecule has 2 aromatic carbocycles. The van der Waals surface area contributed by atoms with E-state index in [0.717, 1.165) is 5.69 Å². The van der Waals surface area contributed by atoms with Gasteiger partial charge in [0.25, 0.3) is 0 Å². The lowest BCUT2D eigenvalue weighted by Gasteiger charge is -2.21. The smallest absolute Gasteiger partial charge is 0.341 e. The Morgan fingerprint density at radius 1 is 1.10 bits per heavy atom. The maximum Gasteiger partial charge on any atom is 0.341 e. The number of pyridine rings is 1. The summed E-state index contributed by atoms with van der Waals surface area (Å²) >= 11 is 12.2. The summed E-state index contributed by atoms with van der Waals surface area (Å²) in [5.74, 6) is -0.125. The van der Waals surface area contributed by atoms with Crippen LogP contribution in [0.3, 0.4) is 0 Å². The predicted octanol–water partition coefficient (Wildman–Crippen LogP) is 6.16. The van der Waals surface area contributed by atoms with Gasteiger partial charge < -0.3 is 15.0 Å². The summed E-state index contributed by atoms with van der Waals surface area (Å²) in [5.41, 5.74) is 2.05. The molecule has 1 heterocycles. The fourth-order valence-corrected chi connectivity index (χ4v) is 3.93. The number of nitrogens with zero attached hydrogens (tertiary/aromatic N) is 1. The monoisotopic (exact) mass is 442 g/mol. The van der Waals surface area contributed by atoms with Crippen molar-refractivity contribution in [1.82, 2.24) is 4.57 Å². The second-order valence-electron chi connectivity index (χ2n) is 7.32. The highest BCUT2D eigenvalue weighted by atomic mass is 35.5. The van der Waals surface area contributed by atoms with E-state index in [1.165, 1.54) is 24.5 Å². The quantitative estimate of drug-likeness (QED) is 0.479. The first-order valence-corrected chi connectivity index (χ1v) is 10.5. The van der Waals surface area contributed by atoms with E-state index in [0.29, 0.717) is 28.9 Å². The highest BCUT2D eigenvalue weighted by molar-refractivity contribution is 6.42. The molecule has 154 valence electrons. The number of benzene rings is 2. The minimum atomic E-state index is -1.29. The van der Waals surface area contributed by atoms with Crippen molar-refractivity contribution in [1.29, 1.82) is 0 Å². The topological polar surface area (TPSA) is 71.3 Å². The summed E-state index contributed by atoms with van der Waals surface area (Å²) in [7, 11) is 0. The third kappa shape index (κ3) is 3.95. The number of anilines is 2. The molecule has 5 nitrogen and oxygen atoms in total. The van der Waals surface area contributed by atoms with E-state index in [4.69, 9.17) is 23.2 Å². The maximum absolute atomic E-state index is 12.7. The highest BCUT2D eigenvalue weighted by Crippen LogP contribution is 2.40. The standard InChI is InChI=1S/C23H20Cl2N2O3/c1-2-27-20(26-16-8-5-14(6-9-16)13-3-4-13)12-19(28)21(23(29)30)22(27)15-7-10-17(24)18(25)11-15/h5-13,26H,2-4H2,1H3,(H,29,30). The molecular weight excluding hydrogens is 423 g/mol. The van der Waals surface area contributed by atoms with Gasteiger partial charge in [-0.25, -0.2) is 4.79 Å². The van der Waals surface area contributed by atoms with Gasteiger partial charge in [0.05, 0.1) is 15.7 Å². The van der Waals surface area contributed by atoms with E-state index in [-0.39, 0.29) is 16.3 Å². The van der Waals surface area contributed by atoms with Crippen LogP contribution in [-0.2, 0) is 6.54 Å². The molecule has 2 N–H and O–H groups in total. The Labute approximate surface area is 183 Å². The minimum absolute atomic E-state index is 0.285. The van der Waals surface area contributed by atoms with Crippen molar-refractivity contribution in [2.75, 3.05) is 5.32 Å². The number of hydrogen-bond donors (Lipinski definition) is 2. The van der Waals surface area contributed by atoms with Gasteiger partial charge in [0.1, 0.15) is 11.4 Å². The zero-order valence-corrected chi connectivity index (χ0v) is 17.8. The van der Waals surface area contributed by atoms with E-state index in [1.54, 1.807) is 22.8 Å². The molecule has 0 unspecified atom stereocenters. The zero-order chi connectivity index (χ0) is 21.4. The number of carbonyl (C=O) groups is 1. The van der Waals surface area contributed by atoms with Gasteiger partial charge in [0.15, 0.2) is 5.43 Å². The summed E-state index contributed by atoms with van der Waals surface area (Å²) in [5, 5.41) is 13.6. The average Bonchev–Trinajstić information content (AvgIpc) is 3.55. The SMILES string of the molecule is CCn1c(Nc2ccc(C3CC3)cc2)cc(=O)c(C(=O)O)c1-c1ccc(Cl)c(Cl)c1. The van der Waals surface area contributed by atoms with Crippen LogP contribution in [0.15, 0.2) is 53.3 Å². The molecule has 0 aliphatic heterocycles. The van der Waals surface area contributed by atoms with E-state index >= 15 is 0 Å². The van der Waals surface area contributed by atoms with Crippen LogP contribution in [0.5, 0.6) is 0 Å². The number of halogens is 2. The van der Waals surface area contributed by atoms with Crippen LogP contribution < -0.4 is 10.7 Å². The number of rotatable bonds is 6. The number of carboxylic acids is 1. The van der Waals surface area contributed by atoms with E-state index < -0.39 is 11.4 Å². The highest BCUT2D eigenvalue weighted by Gasteiger charge is 2.24. The number of carboxylic acid groups (broad SMARTS) is 1. The van der Waals surface area contributed by atoms with Crippen LogP contribution in [0.4, 0.5) is 11.5 Å². The van der Waals surface area contributed by atoms with E-state index in [9.17, 15) is 14.7 Å². The Hall–Kier alpha value is -2.76. The largest absolute Gasteiger partial charge is 0.477 e. The number of aromatic nitrogens is 1. The van der Waals surface area contributed by atoms with Crippen LogP contribution in [0.1, 0.15) is 41.6 Å². The van der Waals surface area contributed by atoms with Gasteiger partial charge in [-0.05, 0) is 55.5 Å². The van der Waals surface area contributed by atoms with Gasteiger partial charge in [-0.3, -0.25) is 4.79 Å². The van der Waals surface area contributed by atoms with Gasteiger partial charge in [0, 0.05) is 23.9 Å². The number of hydrogen-bond acceptors (Lipinski definition) is 3. The molecule has 0 bridgehead atoms. The summed E-state index contributed by atoms with van der Waals surface area (Å²) in [4.78, 5) is 24.7. The molecule has 30 heavy (non-hydrogen) atoms. The van der Waals surface area contributed by atoms with Gasteiger partial charge >= 0.3 is 5.97 Å². The molecule has 1 fully saturated rings. The first-order chi connectivity index (χ1) is 14.4. The average molecular weight is 443 g/mol. The van der Waals surface area contributed by atoms with Crippen molar-refractivity contribution in [3.05, 3.63) is 79.9 Å². The third-order valence-electron chi connectivity index (χ3n) is 5.27. The van der Waals surface area contributed by atoms with Crippen molar-refractivity contribution in [2.45, 2.75) is 32.2 Å². The van der Waals surface area contributed by atoms with Gasteiger partial charge in [-0.15, -0.1) is 0 Å². The molecule has 1 aromatic heterocycles. The minimum Gasteiger partial charge on any atom is -0.477 e. The van der Waals surface area contributed by atoms with Gasteiger partial charge in [0.2, 0.25) is 0 Å². The van der Waals surface area contributed by atoms with E-state index in [1.807, 2.05) is 19.1 Å². The molecule has 3 aromatic rings. The van der Waals surface area contributed by atoms with Crippen molar-refractivity contribution in [3.8, 4) is 11.3 Å². The van der Waals surface area contributed by atoms with Crippen LogP contribution >= 0.6 is 23.2 Å². The second-order valence-corrected chi connectivity index (χ2v) is 8.13. The van der Waals surface area contributed by atoms with Gasteiger partial charge in [-0.2, -0.15) is 0 Å². The lowest BCUT2D eigenvalue weighted by Crippen LogP contribution is -2.22. The number of aromatic carboxylic acids is 1.